The van der Waals surface area contributed by atoms with Crippen molar-refractivity contribution < 1.29 is 9.18 Å². The van der Waals surface area contributed by atoms with Gasteiger partial charge in [0.05, 0.1) is 5.02 Å². The Bertz CT molecular complexity index is 528. The first kappa shape index (κ1) is 10.8. The van der Waals surface area contributed by atoms with Crippen molar-refractivity contribution in [3.8, 4) is 0 Å². The molecule has 0 atom stereocenters. The number of halogens is 2. The Morgan fingerprint density at radius 2 is 2.06 bits per heavy atom. The van der Waals surface area contributed by atoms with Crippen molar-refractivity contribution in [3.05, 3.63) is 64.7 Å². The highest BCUT2D eigenvalue weighted by Gasteiger charge is 2.11. The molecule has 0 bridgehead atoms. The van der Waals surface area contributed by atoms with Gasteiger partial charge >= 0.3 is 0 Å². The molecular weight excluding hydrogens is 229 g/mol. The lowest BCUT2D eigenvalue weighted by molar-refractivity contribution is 0.103. The average Bonchev–Trinajstić information content (AvgIpc) is 2.33. The van der Waals surface area contributed by atoms with Crippen LogP contribution in [0.2, 0.25) is 5.02 Å². The van der Waals surface area contributed by atoms with E-state index < -0.39 is 5.82 Å². The number of carbonyl (C=O) groups is 1. The number of rotatable bonds is 2. The number of nitrogens with zero attached hydrogens (tertiary/aromatic N) is 1. The van der Waals surface area contributed by atoms with Gasteiger partial charge in [0.25, 0.3) is 0 Å². The predicted octanol–water partition coefficient (Wildman–Crippen LogP) is 3.11. The second-order valence-corrected chi connectivity index (χ2v) is 3.58. The summed E-state index contributed by atoms with van der Waals surface area (Å²) >= 11 is 5.60. The van der Waals surface area contributed by atoms with E-state index in [9.17, 15) is 9.18 Å². The van der Waals surface area contributed by atoms with Crippen LogP contribution in [0, 0.1) is 5.82 Å². The van der Waals surface area contributed by atoms with E-state index in [0.29, 0.717) is 11.3 Å². The summed E-state index contributed by atoms with van der Waals surface area (Å²) in [5.74, 6) is -0.818. The summed E-state index contributed by atoms with van der Waals surface area (Å²) in [6.07, 6.45) is 1.53. The smallest absolute Gasteiger partial charge is 0.211 e. The van der Waals surface area contributed by atoms with E-state index in [1.54, 1.807) is 18.2 Å². The van der Waals surface area contributed by atoms with Gasteiger partial charge in [-0.15, -0.1) is 0 Å². The van der Waals surface area contributed by atoms with Crippen molar-refractivity contribution in [1.82, 2.24) is 4.98 Å². The van der Waals surface area contributed by atoms with Crippen LogP contribution in [-0.4, -0.2) is 10.8 Å². The SMILES string of the molecule is O=C(c1ccc(F)c(Cl)c1)c1ccccn1. The number of benzene rings is 1. The van der Waals surface area contributed by atoms with Crippen LogP contribution in [0.15, 0.2) is 42.6 Å². The van der Waals surface area contributed by atoms with E-state index >= 15 is 0 Å². The van der Waals surface area contributed by atoms with Crippen LogP contribution in [0.4, 0.5) is 4.39 Å². The van der Waals surface area contributed by atoms with Crippen molar-refractivity contribution in [3.63, 3.8) is 0 Å². The number of pyridine rings is 1. The maximum absolute atomic E-state index is 12.9. The van der Waals surface area contributed by atoms with Gasteiger partial charge in [0.2, 0.25) is 5.78 Å². The minimum Gasteiger partial charge on any atom is -0.287 e. The first-order chi connectivity index (χ1) is 7.68. The van der Waals surface area contributed by atoms with Crippen LogP contribution in [0.3, 0.4) is 0 Å². The van der Waals surface area contributed by atoms with Gasteiger partial charge in [-0.2, -0.15) is 0 Å². The van der Waals surface area contributed by atoms with E-state index in [0.717, 1.165) is 0 Å². The molecule has 0 aliphatic heterocycles. The molecule has 80 valence electrons. The zero-order valence-electron chi connectivity index (χ0n) is 8.15. The molecule has 2 aromatic rings. The lowest BCUT2D eigenvalue weighted by atomic mass is 10.1. The van der Waals surface area contributed by atoms with E-state index in [4.69, 9.17) is 11.6 Å². The minimum atomic E-state index is -0.542. The van der Waals surface area contributed by atoms with Crippen molar-refractivity contribution in [2.45, 2.75) is 0 Å². The third-order valence-electron chi connectivity index (χ3n) is 2.08. The highest BCUT2D eigenvalue weighted by atomic mass is 35.5. The van der Waals surface area contributed by atoms with Crippen molar-refractivity contribution in [2.75, 3.05) is 0 Å². The Labute approximate surface area is 96.7 Å². The largest absolute Gasteiger partial charge is 0.287 e. The molecule has 0 amide bonds. The molecule has 0 saturated heterocycles. The number of ketones is 1. The summed E-state index contributed by atoms with van der Waals surface area (Å²) in [6.45, 7) is 0. The second kappa shape index (κ2) is 4.41. The van der Waals surface area contributed by atoms with Crippen molar-refractivity contribution >= 4 is 17.4 Å². The Morgan fingerprint density at radius 1 is 1.25 bits per heavy atom. The Morgan fingerprint density at radius 3 is 2.69 bits per heavy atom. The minimum absolute atomic E-state index is 0.0678. The molecule has 4 heteroatoms. The van der Waals surface area contributed by atoms with Gasteiger partial charge in [-0.05, 0) is 30.3 Å². The third-order valence-corrected chi connectivity index (χ3v) is 2.37. The lowest BCUT2D eigenvalue weighted by Crippen LogP contribution is -2.03. The molecule has 2 nitrogen and oxygen atoms in total. The zero-order chi connectivity index (χ0) is 11.5. The Hall–Kier alpha value is -1.74. The molecule has 0 radical (unpaired) electrons. The van der Waals surface area contributed by atoms with Gasteiger partial charge in [0.15, 0.2) is 0 Å². The van der Waals surface area contributed by atoms with Crippen LogP contribution >= 0.6 is 11.6 Å². The molecule has 1 aromatic carbocycles. The van der Waals surface area contributed by atoms with E-state index in [-0.39, 0.29) is 10.8 Å². The van der Waals surface area contributed by atoms with Crippen LogP contribution in [0.1, 0.15) is 16.1 Å². The molecule has 1 heterocycles. The summed E-state index contributed by atoms with van der Waals surface area (Å²) in [6, 6.07) is 8.88. The number of aromatic nitrogens is 1. The predicted molar refractivity (Wildman–Crippen MR) is 59.1 cm³/mol. The molecule has 0 N–H and O–H groups in total. The number of hydrogen-bond donors (Lipinski definition) is 0. The zero-order valence-corrected chi connectivity index (χ0v) is 8.91. The van der Waals surface area contributed by atoms with Crippen LogP contribution in [-0.2, 0) is 0 Å². The fourth-order valence-corrected chi connectivity index (χ4v) is 1.46. The third kappa shape index (κ3) is 2.09. The van der Waals surface area contributed by atoms with E-state index in [2.05, 4.69) is 4.98 Å². The van der Waals surface area contributed by atoms with E-state index in [1.807, 2.05) is 0 Å². The van der Waals surface area contributed by atoms with Gasteiger partial charge in [0.1, 0.15) is 11.5 Å². The highest BCUT2D eigenvalue weighted by molar-refractivity contribution is 6.31. The molecule has 2 rings (SSSR count). The summed E-state index contributed by atoms with van der Waals surface area (Å²) in [4.78, 5) is 15.8. The summed E-state index contributed by atoms with van der Waals surface area (Å²) < 4.78 is 12.9. The van der Waals surface area contributed by atoms with Crippen LogP contribution in [0.25, 0.3) is 0 Å². The topological polar surface area (TPSA) is 30.0 Å². The molecule has 0 aliphatic carbocycles. The van der Waals surface area contributed by atoms with Gasteiger partial charge in [0, 0.05) is 11.8 Å². The lowest BCUT2D eigenvalue weighted by Gasteiger charge is -2.01. The molecular formula is C12H7ClFNO. The van der Waals surface area contributed by atoms with Gasteiger partial charge in [-0.1, -0.05) is 17.7 Å². The fraction of sp³-hybridized carbons (Fsp3) is 0. The van der Waals surface area contributed by atoms with Crippen LogP contribution < -0.4 is 0 Å². The van der Waals surface area contributed by atoms with Crippen molar-refractivity contribution in [2.24, 2.45) is 0 Å². The Kier molecular flexibility index (Phi) is 2.97. The molecule has 0 fully saturated rings. The normalized spacial score (nSPS) is 10.1. The monoisotopic (exact) mass is 235 g/mol. The molecule has 0 saturated carbocycles. The molecule has 16 heavy (non-hydrogen) atoms. The molecule has 0 spiro atoms. The summed E-state index contributed by atoms with van der Waals surface area (Å²) in [5, 5.41) is -0.0678. The number of hydrogen-bond acceptors (Lipinski definition) is 2. The van der Waals surface area contributed by atoms with Crippen LogP contribution in [0.5, 0.6) is 0 Å². The summed E-state index contributed by atoms with van der Waals surface area (Å²) in [7, 11) is 0. The van der Waals surface area contributed by atoms with E-state index in [1.165, 1.54) is 24.4 Å². The summed E-state index contributed by atoms with van der Waals surface area (Å²) in [5.41, 5.74) is 0.635. The maximum Gasteiger partial charge on any atom is 0.211 e. The first-order valence-corrected chi connectivity index (χ1v) is 4.97. The van der Waals surface area contributed by atoms with Gasteiger partial charge in [-0.25, -0.2) is 4.39 Å². The molecule has 0 aliphatic rings. The quantitative estimate of drug-likeness (QED) is 0.749. The van der Waals surface area contributed by atoms with Crippen molar-refractivity contribution in [1.29, 1.82) is 0 Å². The Balaban J connectivity index is 2.39. The standard InChI is InChI=1S/C12H7ClFNO/c13-9-7-8(4-5-10(9)14)12(16)11-3-1-2-6-15-11/h1-7H. The average molecular weight is 236 g/mol. The first-order valence-electron chi connectivity index (χ1n) is 4.59. The number of carbonyl (C=O) groups excluding carboxylic acids is 1. The second-order valence-electron chi connectivity index (χ2n) is 3.17. The van der Waals surface area contributed by atoms with Gasteiger partial charge in [-0.3, -0.25) is 9.78 Å². The highest BCUT2D eigenvalue weighted by Crippen LogP contribution is 2.17. The maximum atomic E-state index is 12.9. The molecule has 0 unspecified atom stereocenters. The van der Waals surface area contributed by atoms with Gasteiger partial charge < -0.3 is 0 Å². The molecule has 1 aromatic heterocycles. The fourth-order valence-electron chi connectivity index (χ4n) is 1.28.